The molecule has 0 radical (unpaired) electrons. The Hall–Kier alpha value is -1.59. The maximum absolute atomic E-state index is 12.8. The summed E-state index contributed by atoms with van der Waals surface area (Å²) in [5, 5.41) is 0. The summed E-state index contributed by atoms with van der Waals surface area (Å²) >= 11 is 0. The molecule has 0 rings (SSSR count). The van der Waals surface area contributed by atoms with Crippen LogP contribution in [0.15, 0.2) is 0 Å². The van der Waals surface area contributed by atoms with E-state index in [0.717, 1.165) is 63.7 Å². The van der Waals surface area contributed by atoms with Crippen LogP contribution >= 0.6 is 0 Å². The van der Waals surface area contributed by atoms with Crippen LogP contribution in [-0.4, -0.2) is 37.2 Å². The maximum atomic E-state index is 12.8. The van der Waals surface area contributed by atoms with Crippen LogP contribution in [0.4, 0.5) is 0 Å². The van der Waals surface area contributed by atoms with Crippen molar-refractivity contribution >= 4 is 17.9 Å². The highest BCUT2D eigenvalue weighted by Crippen LogP contribution is 2.18. The van der Waals surface area contributed by atoms with Gasteiger partial charge in [-0.2, -0.15) is 0 Å². The second kappa shape index (κ2) is 47.5. The molecule has 6 nitrogen and oxygen atoms in total. The fraction of sp³-hybridized carbons (Fsp3) is 0.943. The summed E-state index contributed by atoms with van der Waals surface area (Å²) in [5.74, 6) is 0.0207. The minimum atomic E-state index is -0.760. The van der Waals surface area contributed by atoms with Crippen LogP contribution in [0.2, 0.25) is 0 Å². The van der Waals surface area contributed by atoms with Gasteiger partial charge in [0.05, 0.1) is 0 Å². The lowest BCUT2D eigenvalue weighted by atomic mass is 9.99. The Balaban J connectivity index is 4.24. The van der Waals surface area contributed by atoms with E-state index in [9.17, 15) is 14.4 Å². The second-order valence-electron chi connectivity index (χ2n) is 18.4. The topological polar surface area (TPSA) is 78.9 Å². The van der Waals surface area contributed by atoms with E-state index >= 15 is 0 Å². The van der Waals surface area contributed by atoms with Gasteiger partial charge in [0, 0.05) is 19.3 Å². The first-order chi connectivity index (χ1) is 28.9. The van der Waals surface area contributed by atoms with Crippen molar-refractivity contribution in [3.63, 3.8) is 0 Å². The molecule has 0 amide bonds. The van der Waals surface area contributed by atoms with E-state index in [0.29, 0.717) is 19.3 Å². The highest BCUT2D eigenvalue weighted by molar-refractivity contribution is 5.71. The highest BCUT2D eigenvalue weighted by Gasteiger charge is 2.19. The van der Waals surface area contributed by atoms with Gasteiger partial charge in [-0.15, -0.1) is 0 Å². The predicted octanol–water partition coefficient (Wildman–Crippen LogP) is 17.1. The standard InChI is InChI=1S/C53H102O6/c1-5-8-10-12-14-16-17-18-19-20-21-22-23-24-29-33-37-41-45-52(55)58-48-50(47-57-51(54)44-40-36-32-27-15-13-11-9-6-2)59-53(56)46-42-38-34-30-26-25-28-31-35-39-43-49(4)7-3/h49-50H,5-48H2,1-4H3/t49?,50-/m1/s1. The van der Waals surface area contributed by atoms with Gasteiger partial charge in [0.25, 0.3) is 0 Å². The average Bonchev–Trinajstić information content (AvgIpc) is 3.23. The zero-order valence-electron chi connectivity index (χ0n) is 40.2. The highest BCUT2D eigenvalue weighted by atomic mass is 16.6. The van der Waals surface area contributed by atoms with Crippen molar-refractivity contribution in [3.05, 3.63) is 0 Å². The Morgan fingerprint density at radius 2 is 0.593 bits per heavy atom. The molecule has 0 N–H and O–H groups in total. The first-order valence-electron chi connectivity index (χ1n) is 26.4. The molecule has 0 aromatic rings. The van der Waals surface area contributed by atoms with Crippen molar-refractivity contribution in [3.8, 4) is 0 Å². The predicted molar refractivity (Wildman–Crippen MR) is 252 cm³/mol. The van der Waals surface area contributed by atoms with Gasteiger partial charge in [0.2, 0.25) is 0 Å². The quantitative estimate of drug-likeness (QED) is 0.0345. The zero-order chi connectivity index (χ0) is 43.1. The zero-order valence-corrected chi connectivity index (χ0v) is 40.2. The summed E-state index contributed by atoms with van der Waals surface area (Å²) in [6.07, 6.45) is 49.4. The van der Waals surface area contributed by atoms with Crippen LogP contribution in [0.1, 0.15) is 297 Å². The van der Waals surface area contributed by atoms with Gasteiger partial charge in [-0.1, -0.05) is 259 Å². The van der Waals surface area contributed by atoms with Crippen molar-refractivity contribution < 1.29 is 28.6 Å². The first-order valence-corrected chi connectivity index (χ1v) is 26.4. The number of hydrogen-bond donors (Lipinski definition) is 0. The van der Waals surface area contributed by atoms with Crippen molar-refractivity contribution in [2.24, 2.45) is 5.92 Å². The molecule has 1 unspecified atom stereocenters. The van der Waals surface area contributed by atoms with Crippen LogP contribution in [0, 0.1) is 5.92 Å². The molecule has 0 saturated carbocycles. The van der Waals surface area contributed by atoms with E-state index < -0.39 is 6.10 Å². The minimum Gasteiger partial charge on any atom is -0.462 e. The van der Waals surface area contributed by atoms with Crippen molar-refractivity contribution in [1.29, 1.82) is 0 Å². The third-order valence-electron chi connectivity index (χ3n) is 12.4. The number of carbonyl (C=O) groups is 3. The van der Waals surface area contributed by atoms with Gasteiger partial charge < -0.3 is 14.2 Å². The number of rotatable bonds is 48. The third-order valence-corrected chi connectivity index (χ3v) is 12.4. The largest absolute Gasteiger partial charge is 0.462 e. The summed E-state index contributed by atoms with van der Waals surface area (Å²) in [7, 11) is 0. The van der Waals surface area contributed by atoms with Crippen molar-refractivity contribution in [1.82, 2.24) is 0 Å². The van der Waals surface area contributed by atoms with Crippen LogP contribution < -0.4 is 0 Å². The maximum Gasteiger partial charge on any atom is 0.306 e. The Kier molecular flexibility index (Phi) is 46.2. The number of unbranched alkanes of at least 4 members (excludes halogenated alkanes) is 34. The van der Waals surface area contributed by atoms with Crippen molar-refractivity contribution in [2.45, 2.75) is 303 Å². The number of ether oxygens (including phenoxy) is 3. The third kappa shape index (κ3) is 45.8. The average molecular weight is 835 g/mol. The smallest absolute Gasteiger partial charge is 0.306 e. The molecule has 59 heavy (non-hydrogen) atoms. The summed E-state index contributed by atoms with van der Waals surface area (Å²) < 4.78 is 16.8. The van der Waals surface area contributed by atoms with Crippen molar-refractivity contribution in [2.75, 3.05) is 13.2 Å². The van der Waals surface area contributed by atoms with E-state index in [1.807, 2.05) is 0 Å². The van der Waals surface area contributed by atoms with Gasteiger partial charge in [-0.05, 0) is 25.2 Å². The molecule has 0 heterocycles. The lowest BCUT2D eigenvalue weighted by Crippen LogP contribution is -2.30. The Labute approximate surface area is 368 Å². The molecule has 0 spiro atoms. The number of hydrogen-bond acceptors (Lipinski definition) is 6. The molecular weight excluding hydrogens is 733 g/mol. The molecule has 0 saturated heterocycles. The van der Waals surface area contributed by atoms with E-state index in [2.05, 4.69) is 27.7 Å². The molecule has 0 aliphatic rings. The second-order valence-corrected chi connectivity index (χ2v) is 18.4. The van der Waals surface area contributed by atoms with Gasteiger partial charge in [0.1, 0.15) is 13.2 Å². The molecule has 350 valence electrons. The summed E-state index contributed by atoms with van der Waals surface area (Å²) in [6, 6.07) is 0. The first kappa shape index (κ1) is 57.4. The molecule has 2 atom stereocenters. The lowest BCUT2D eigenvalue weighted by Gasteiger charge is -2.18. The minimum absolute atomic E-state index is 0.0629. The van der Waals surface area contributed by atoms with Gasteiger partial charge in [-0.3, -0.25) is 14.4 Å². The molecule has 0 fully saturated rings. The summed E-state index contributed by atoms with van der Waals surface area (Å²) in [5.41, 5.74) is 0. The summed E-state index contributed by atoms with van der Waals surface area (Å²) in [4.78, 5) is 37.9. The molecule has 0 aromatic carbocycles. The number of carbonyl (C=O) groups excluding carboxylic acids is 3. The fourth-order valence-corrected chi connectivity index (χ4v) is 8.01. The van der Waals surface area contributed by atoms with Crippen LogP contribution in [0.3, 0.4) is 0 Å². The Morgan fingerprint density at radius 1 is 0.339 bits per heavy atom. The van der Waals surface area contributed by atoms with E-state index in [-0.39, 0.29) is 31.1 Å². The summed E-state index contributed by atoms with van der Waals surface area (Å²) in [6.45, 7) is 9.04. The van der Waals surface area contributed by atoms with E-state index in [1.165, 1.54) is 193 Å². The molecular formula is C53H102O6. The Morgan fingerprint density at radius 3 is 0.881 bits per heavy atom. The Bertz CT molecular complexity index is 889. The molecule has 0 aliphatic carbocycles. The van der Waals surface area contributed by atoms with Crippen LogP contribution in [0.25, 0.3) is 0 Å². The number of esters is 3. The van der Waals surface area contributed by atoms with E-state index in [1.54, 1.807) is 0 Å². The normalized spacial score (nSPS) is 12.4. The van der Waals surface area contributed by atoms with Gasteiger partial charge in [0.15, 0.2) is 6.10 Å². The SMILES string of the molecule is CCCCCCCCCCCCCCCCCCCCC(=O)OC[C@@H](COC(=O)CCCCCCCCCCC)OC(=O)CCCCCCCCCCCCC(C)CC. The monoisotopic (exact) mass is 835 g/mol. The molecule has 6 heteroatoms. The van der Waals surface area contributed by atoms with Gasteiger partial charge >= 0.3 is 17.9 Å². The lowest BCUT2D eigenvalue weighted by molar-refractivity contribution is -0.167. The molecule has 0 aromatic heterocycles. The van der Waals surface area contributed by atoms with Crippen LogP contribution in [0.5, 0.6) is 0 Å². The van der Waals surface area contributed by atoms with Crippen LogP contribution in [-0.2, 0) is 28.6 Å². The van der Waals surface area contributed by atoms with Gasteiger partial charge in [-0.25, -0.2) is 0 Å². The molecule has 0 bridgehead atoms. The molecule has 0 aliphatic heterocycles. The fourth-order valence-electron chi connectivity index (χ4n) is 8.01. The van der Waals surface area contributed by atoms with E-state index in [4.69, 9.17) is 14.2 Å².